The summed E-state index contributed by atoms with van der Waals surface area (Å²) in [6, 6.07) is 6.10. The molecule has 3 amide bonds. The van der Waals surface area contributed by atoms with Crippen molar-refractivity contribution in [2.24, 2.45) is 29.2 Å². The van der Waals surface area contributed by atoms with Gasteiger partial charge in [-0.3, -0.25) is 4.79 Å². The van der Waals surface area contributed by atoms with Gasteiger partial charge in [0.2, 0.25) is 0 Å². The second-order valence-corrected chi connectivity index (χ2v) is 11.3. The highest BCUT2D eigenvalue weighted by Gasteiger charge is 2.33. The van der Waals surface area contributed by atoms with Crippen molar-refractivity contribution >= 4 is 23.8 Å². The minimum atomic E-state index is -1.02. The summed E-state index contributed by atoms with van der Waals surface area (Å²) in [5, 5.41) is 3.02. The molecule has 0 aliphatic carbocycles. The van der Waals surface area contributed by atoms with E-state index in [0.717, 1.165) is 29.7 Å². The summed E-state index contributed by atoms with van der Waals surface area (Å²) in [6.45, 7) is 11.5. The topological polar surface area (TPSA) is 152 Å². The van der Waals surface area contributed by atoms with Crippen molar-refractivity contribution in [3.8, 4) is 0 Å². The number of anilines is 1. The van der Waals surface area contributed by atoms with E-state index in [-0.39, 0.29) is 42.3 Å². The molecular formula is C31H47N3O7. The molecule has 1 aliphatic heterocycles. The third-order valence-corrected chi connectivity index (χ3v) is 7.55. The maximum atomic E-state index is 13.1. The van der Waals surface area contributed by atoms with E-state index in [4.69, 9.17) is 30.4 Å². The molecule has 0 spiro atoms. The van der Waals surface area contributed by atoms with Gasteiger partial charge in [-0.2, -0.15) is 0 Å². The third-order valence-electron chi connectivity index (χ3n) is 7.55. The lowest BCUT2D eigenvalue weighted by molar-refractivity contribution is -0.112. The molecule has 0 saturated heterocycles. The fraction of sp³-hybridized carbons (Fsp3) is 0.581. The number of hydrogen-bond donors (Lipinski definition) is 3. The number of methoxy groups -OCH3 is 2. The molecule has 0 unspecified atom stereocenters. The number of carbonyl (C=O) groups is 3. The molecule has 10 nitrogen and oxygen atoms in total. The quantitative estimate of drug-likeness (QED) is 0.427. The summed E-state index contributed by atoms with van der Waals surface area (Å²) in [6.07, 6.45) is 0.872. The summed E-state index contributed by atoms with van der Waals surface area (Å²) < 4.78 is 22.7. The number of nitrogens with one attached hydrogen (secondary N) is 1. The highest BCUT2D eigenvalue weighted by atomic mass is 16.6. The number of amides is 3. The maximum Gasteiger partial charge on any atom is 0.405 e. The Hall–Kier alpha value is -3.37. The summed E-state index contributed by atoms with van der Waals surface area (Å²) in [4.78, 5) is 36.9. The Morgan fingerprint density at radius 3 is 2.15 bits per heavy atom. The molecule has 1 aromatic carbocycles. The molecule has 0 fully saturated rings. The Morgan fingerprint density at radius 2 is 1.56 bits per heavy atom. The van der Waals surface area contributed by atoms with Crippen molar-refractivity contribution < 1.29 is 33.3 Å². The van der Waals surface area contributed by atoms with Gasteiger partial charge in [0.25, 0.3) is 5.91 Å². The number of carbonyl (C=O) groups excluding carboxylic acids is 3. The number of ether oxygens (including phenoxy) is 4. The average Bonchev–Trinajstić information content (AvgIpc) is 2.87. The van der Waals surface area contributed by atoms with E-state index < -0.39 is 24.4 Å². The fourth-order valence-corrected chi connectivity index (χ4v) is 5.61. The largest absolute Gasteiger partial charge is 0.442 e. The highest BCUT2D eigenvalue weighted by molar-refractivity contribution is 6.03. The molecule has 10 heteroatoms. The summed E-state index contributed by atoms with van der Waals surface area (Å²) in [5.41, 5.74) is 14.7. The van der Waals surface area contributed by atoms with Crippen LogP contribution in [0.2, 0.25) is 0 Å². The van der Waals surface area contributed by atoms with Gasteiger partial charge in [0, 0.05) is 31.4 Å². The Labute approximate surface area is 243 Å². The smallest absolute Gasteiger partial charge is 0.405 e. The van der Waals surface area contributed by atoms with Gasteiger partial charge in [0.1, 0.15) is 6.10 Å². The number of aryl methyl sites for hydroxylation is 1. The molecule has 0 saturated carbocycles. The fourth-order valence-electron chi connectivity index (χ4n) is 5.61. The van der Waals surface area contributed by atoms with E-state index in [9.17, 15) is 14.4 Å². The predicted molar refractivity (Wildman–Crippen MR) is 158 cm³/mol. The van der Waals surface area contributed by atoms with E-state index >= 15 is 0 Å². The van der Waals surface area contributed by atoms with Crippen LogP contribution in [0, 0.1) is 24.7 Å². The molecule has 1 aromatic rings. The van der Waals surface area contributed by atoms with Gasteiger partial charge >= 0.3 is 12.2 Å². The SMILES string of the molecule is CO[C@H]1[C@@H](OC)C[C@H](C)Cc2ccc(C)c(c2)NC(=O)/C(C)=C/[C@@H](C)C[C@H](OC(N)=O)[C@@H](OC(N)=O)/C(C)=C/[C@@H]1C. The number of nitrogens with two attached hydrogens (primary N) is 2. The minimum Gasteiger partial charge on any atom is -0.442 e. The van der Waals surface area contributed by atoms with Crippen molar-refractivity contribution in [1.29, 1.82) is 0 Å². The van der Waals surface area contributed by atoms with Gasteiger partial charge in [0.05, 0.1) is 12.2 Å². The van der Waals surface area contributed by atoms with Crippen molar-refractivity contribution in [2.75, 3.05) is 19.5 Å². The molecule has 0 radical (unpaired) electrons. The van der Waals surface area contributed by atoms with Crippen LogP contribution in [0.3, 0.4) is 0 Å². The first kappa shape index (κ1) is 33.8. The van der Waals surface area contributed by atoms with E-state index in [1.54, 1.807) is 34.1 Å². The Bertz CT molecular complexity index is 1130. The normalized spacial score (nSPS) is 31.1. The van der Waals surface area contributed by atoms with Crippen molar-refractivity contribution in [3.05, 3.63) is 52.6 Å². The molecule has 1 aliphatic rings. The number of fused-ring (bicyclic) bond motifs is 2. The zero-order chi connectivity index (χ0) is 30.9. The first-order valence-corrected chi connectivity index (χ1v) is 14.0. The molecule has 41 heavy (non-hydrogen) atoms. The number of rotatable bonds is 4. The Morgan fingerprint density at radius 1 is 0.902 bits per heavy atom. The van der Waals surface area contributed by atoms with Crippen molar-refractivity contribution in [2.45, 2.75) is 85.2 Å². The molecule has 228 valence electrons. The molecular weight excluding hydrogens is 526 g/mol. The van der Waals surface area contributed by atoms with Crippen LogP contribution in [0.15, 0.2) is 41.5 Å². The monoisotopic (exact) mass is 573 g/mol. The molecule has 2 rings (SSSR count). The second-order valence-electron chi connectivity index (χ2n) is 11.3. The maximum absolute atomic E-state index is 13.1. The predicted octanol–water partition coefficient (Wildman–Crippen LogP) is 5.03. The zero-order valence-electron chi connectivity index (χ0n) is 25.6. The van der Waals surface area contributed by atoms with Crippen LogP contribution in [0.5, 0.6) is 0 Å². The minimum absolute atomic E-state index is 0.167. The van der Waals surface area contributed by atoms with Gasteiger partial charge in [-0.1, -0.05) is 45.1 Å². The molecule has 2 bridgehead atoms. The van der Waals surface area contributed by atoms with Crippen LogP contribution in [0.4, 0.5) is 15.3 Å². The Balaban J connectivity index is 2.62. The number of benzene rings is 1. The average molecular weight is 574 g/mol. The van der Waals surface area contributed by atoms with Gasteiger partial charge < -0.3 is 35.7 Å². The molecule has 5 N–H and O–H groups in total. The summed E-state index contributed by atoms with van der Waals surface area (Å²) >= 11 is 0. The number of allylic oxidation sites excluding steroid dienone is 1. The van der Waals surface area contributed by atoms with Gasteiger partial charge in [-0.05, 0) is 74.6 Å². The van der Waals surface area contributed by atoms with E-state index in [1.807, 2.05) is 39.0 Å². The van der Waals surface area contributed by atoms with Crippen LogP contribution in [-0.2, 0) is 30.2 Å². The molecule has 7 atom stereocenters. The van der Waals surface area contributed by atoms with Crippen molar-refractivity contribution in [1.82, 2.24) is 0 Å². The summed E-state index contributed by atoms with van der Waals surface area (Å²) in [5.74, 6) is -0.424. The first-order valence-electron chi connectivity index (χ1n) is 14.0. The Kier molecular flexibility index (Phi) is 12.9. The highest BCUT2D eigenvalue weighted by Crippen LogP contribution is 2.28. The summed E-state index contributed by atoms with van der Waals surface area (Å²) in [7, 11) is 3.30. The lowest BCUT2D eigenvalue weighted by Crippen LogP contribution is -2.40. The van der Waals surface area contributed by atoms with Crippen LogP contribution >= 0.6 is 0 Å². The van der Waals surface area contributed by atoms with Crippen LogP contribution in [0.1, 0.15) is 58.6 Å². The lowest BCUT2D eigenvalue weighted by Gasteiger charge is -2.32. The standard InChI is InChI=1S/C31H47N3O7/c1-17-11-22(6)29(35)34-24-16-23(10-9-19(24)3)12-18(2)13-25(38-7)27(39-8)20(4)15-21(5)28(41-31(33)37)26(14-17)40-30(32)36/h9-11,15-18,20,25-28H,12-14H2,1-8H3,(H2,32,36)(H2,33,37)(H,34,35)/b21-15+,22-11+/t17-,18-,20+,25+,26+,27-,28+/m1/s1. The first-order chi connectivity index (χ1) is 19.2. The van der Waals surface area contributed by atoms with Gasteiger partial charge in [0.15, 0.2) is 6.10 Å². The van der Waals surface area contributed by atoms with E-state index in [2.05, 4.69) is 18.3 Å². The zero-order valence-corrected chi connectivity index (χ0v) is 25.6. The van der Waals surface area contributed by atoms with Gasteiger partial charge in [-0.25, -0.2) is 9.59 Å². The van der Waals surface area contributed by atoms with Gasteiger partial charge in [-0.15, -0.1) is 0 Å². The van der Waals surface area contributed by atoms with Crippen LogP contribution < -0.4 is 16.8 Å². The van der Waals surface area contributed by atoms with Crippen molar-refractivity contribution in [3.63, 3.8) is 0 Å². The van der Waals surface area contributed by atoms with E-state index in [0.29, 0.717) is 11.1 Å². The third kappa shape index (κ3) is 10.2. The number of primary amides is 2. The van der Waals surface area contributed by atoms with Crippen LogP contribution in [-0.4, -0.2) is 56.7 Å². The lowest BCUT2D eigenvalue weighted by atomic mass is 9.87. The molecule has 1 heterocycles. The second kappa shape index (κ2) is 15.6. The molecule has 0 aromatic heterocycles. The van der Waals surface area contributed by atoms with E-state index in [1.165, 1.54) is 0 Å². The van der Waals surface area contributed by atoms with Crippen LogP contribution in [0.25, 0.3) is 0 Å². The number of hydrogen-bond acceptors (Lipinski definition) is 7.